The highest BCUT2D eigenvalue weighted by Crippen LogP contribution is 2.35. The van der Waals surface area contributed by atoms with Crippen LogP contribution < -0.4 is 0 Å². The second kappa shape index (κ2) is 6.84. The van der Waals surface area contributed by atoms with Gasteiger partial charge in [-0.15, -0.1) is 11.3 Å². The number of benzene rings is 1. The maximum Gasteiger partial charge on any atom is 0.254 e. The minimum Gasteiger partial charge on any atom is -0.445 e. The van der Waals surface area contributed by atoms with Crippen LogP contribution in [0.15, 0.2) is 40.5 Å². The van der Waals surface area contributed by atoms with Gasteiger partial charge < -0.3 is 9.32 Å². The summed E-state index contributed by atoms with van der Waals surface area (Å²) in [7, 11) is 0. The molecule has 1 aliphatic rings. The van der Waals surface area contributed by atoms with Crippen molar-refractivity contribution in [1.82, 2.24) is 14.9 Å². The molecule has 26 heavy (non-hydrogen) atoms. The van der Waals surface area contributed by atoms with Gasteiger partial charge in [-0.3, -0.25) is 9.59 Å². The van der Waals surface area contributed by atoms with E-state index in [2.05, 4.69) is 9.97 Å². The number of amides is 1. The van der Waals surface area contributed by atoms with E-state index in [1.165, 1.54) is 12.5 Å². The normalized spacial score (nSPS) is 16.8. The minimum atomic E-state index is -0.100. The van der Waals surface area contributed by atoms with E-state index in [1.807, 2.05) is 17.2 Å². The van der Waals surface area contributed by atoms with Gasteiger partial charge in [0.15, 0.2) is 0 Å². The van der Waals surface area contributed by atoms with Gasteiger partial charge in [0.25, 0.3) is 5.91 Å². The average Bonchev–Trinajstić information content (AvgIpc) is 3.41. The number of aryl methyl sites for hydroxylation is 1. The quantitative estimate of drug-likeness (QED) is 0.654. The van der Waals surface area contributed by atoms with Crippen LogP contribution in [-0.4, -0.2) is 33.6 Å². The fraction of sp³-hybridized carbons (Fsp3) is 0.263. The van der Waals surface area contributed by atoms with Gasteiger partial charge in [0.05, 0.1) is 12.2 Å². The highest BCUT2D eigenvalue weighted by Gasteiger charge is 2.32. The van der Waals surface area contributed by atoms with E-state index in [9.17, 15) is 9.59 Å². The SMILES string of the molecule is Cc1csc(C2CCCN2C(=O)c2cc(C=O)cc(-c3ncco3)c2)n1. The van der Waals surface area contributed by atoms with Crippen molar-refractivity contribution in [3.05, 3.63) is 57.9 Å². The maximum atomic E-state index is 13.2. The fourth-order valence-corrected chi connectivity index (χ4v) is 4.23. The number of hydrogen-bond acceptors (Lipinski definition) is 6. The predicted octanol–water partition coefficient (Wildman–Crippen LogP) is 3.90. The van der Waals surface area contributed by atoms with Crippen molar-refractivity contribution in [3.8, 4) is 11.5 Å². The van der Waals surface area contributed by atoms with Gasteiger partial charge in [-0.25, -0.2) is 9.97 Å². The molecule has 1 atom stereocenters. The fourth-order valence-electron chi connectivity index (χ4n) is 3.29. The van der Waals surface area contributed by atoms with Gasteiger partial charge in [0, 0.05) is 34.3 Å². The van der Waals surface area contributed by atoms with Crippen LogP contribution in [0.4, 0.5) is 0 Å². The summed E-state index contributed by atoms with van der Waals surface area (Å²) in [4.78, 5) is 35.0. The Hall–Kier alpha value is -2.80. The molecule has 0 radical (unpaired) electrons. The largest absolute Gasteiger partial charge is 0.445 e. The number of nitrogens with zero attached hydrogens (tertiary/aromatic N) is 3. The Kier molecular flexibility index (Phi) is 4.38. The van der Waals surface area contributed by atoms with E-state index < -0.39 is 0 Å². The molecule has 1 unspecified atom stereocenters. The third-order valence-electron chi connectivity index (χ3n) is 4.45. The van der Waals surface area contributed by atoms with Crippen LogP contribution in [0.5, 0.6) is 0 Å². The number of hydrogen-bond donors (Lipinski definition) is 0. The molecule has 1 aromatic carbocycles. The van der Waals surface area contributed by atoms with Crippen LogP contribution in [0.3, 0.4) is 0 Å². The second-order valence-electron chi connectivity index (χ2n) is 6.28. The summed E-state index contributed by atoms with van der Waals surface area (Å²) in [5, 5.41) is 2.97. The van der Waals surface area contributed by atoms with Crippen molar-refractivity contribution in [2.24, 2.45) is 0 Å². The average molecular weight is 367 g/mol. The van der Waals surface area contributed by atoms with E-state index in [-0.39, 0.29) is 11.9 Å². The lowest BCUT2D eigenvalue weighted by Crippen LogP contribution is -2.30. The molecule has 7 heteroatoms. The Bertz CT molecular complexity index is 949. The molecule has 1 fully saturated rings. The van der Waals surface area contributed by atoms with Crippen molar-refractivity contribution in [3.63, 3.8) is 0 Å². The van der Waals surface area contributed by atoms with Crippen LogP contribution in [0.1, 0.15) is 50.3 Å². The first kappa shape index (κ1) is 16.7. The summed E-state index contributed by atoms with van der Waals surface area (Å²) in [5.41, 5.74) is 2.47. The van der Waals surface area contributed by atoms with Crippen LogP contribution in [-0.2, 0) is 0 Å². The first-order valence-corrected chi connectivity index (χ1v) is 9.27. The molecule has 3 heterocycles. The Morgan fingerprint density at radius 2 is 2.27 bits per heavy atom. The first-order chi connectivity index (χ1) is 12.7. The van der Waals surface area contributed by atoms with Crippen molar-refractivity contribution in [2.45, 2.75) is 25.8 Å². The number of oxazole rings is 1. The number of carbonyl (C=O) groups excluding carboxylic acids is 2. The highest BCUT2D eigenvalue weighted by molar-refractivity contribution is 7.09. The van der Waals surface area contributed by atoms with Gasteiger partial charge in [0.2, 0.25) is 5.89 Å². The van der Waals surface area contributed by atoms with Crippen molar-refractivity contribution in [2.75, 3.05) is 6.54 Å². The molecule has 3 aromatic rings. The predicted molar refractivity (Wildman–Crippen MR) is 97.2 cm³/mol. The Morgan fingerprint density at radius 1 is 1.38 bits per heavy atom. The molecule has 0 aliphatic carbocycles. The first-order valence-electron chi connectivity index (χ1n) is 8.39. The summed E-state index contributed by atoms with van der Waals surface area (Å²) in [6.45, 7) is 2.64. The maximum absolute atomic E-state index is 13.2. The number of thiazole rings is 1. The van der Waals surface area contributed by atoms with Gasteiger partial charge in [-0.05, 0) is 38.0 Å². The van der Waals surface area contributed by atoms with Crippen LogP contribution in [0, 0.1) is 6.92 Å². The van der Waals surface area contributed by atoms with E-state index >= 15 is 0 Å². The lowest BCUT2D eigenvalue weighted by Gasteiger charge is -2.23. The molecule has 1 amide bonds. The molecular formula is C19H17N3O3S. The zero-order chi connectivity index (χ0) is 18.1. The van der Waals surface area contributed by atoms with Crippen LogP contribution >= 0.6 is 11.3 Å². The molecule has 4 rings (SSSR count). The van der Waals surface area contributed by atoms with E-state index in [0.717, 1.165) is 29.8 Å². The Morgan fingerprint density at radius 3 is 2.96 bits per heavy atom. The summed E-state index contributed by atoms with van der Waals surface area (Å²) in [6, 6.07) is 5.00. The third kappa shape index (κ3) is 3.06. The molecular weight excluding hydrogens is 350 g/mol. The number of likely N-dealkylation sites (tertiary alicyclic amines) is 1. The Labute approximate surface area is 154 Å². The van der Waals surface area contributed by atoms with Crippen molar-refractivity contribution < 1.29 is 14.0 Å². The van der Waals surface area contributed by atoms with E-state index in [0.29, 0.717) is 29.1 Å². The summed E-state index contributed by atoms with van der Waals surface area (Å²) < 4.78 is 5.31. The topological polar surface area (TPSA) is 76.3 Å². The molecule has 0 spiro atoms. The zero-order valence-electron chi connectivity index (χ0n) is 14.2. The molecule has 0 saturated carbocycles. The van der Waals surface area contributed by atoms with Gasteiger partial charge in [-0.2, -0.15) is 0 Å². The van der Waals surface area contributed by atoms with Gasteiger partial charge >= 0.3 is 0 Å². The minimum absolute atomic E-state index is 0.00808. The molecule has 0 N–H and O–H groups in total. The van der Waals surface area contributed by atoms with Crippen LogP contribution in [0.2, 0.25) is 0 Å². The highest BCUT2D eigenvalue weighted by atomic mass is 32.1. The number of aromatic nitrogens is 2. The smallest absolute Gasteiger partial charge is 0.254 e. The molecule has 132 valence electrons. The monoisotopic (exact) mass is 367 g/mol. The zero-order valence-corrected chi connectivity index (χ0v) is 15.0. The van der Waals surface area contributed by atoms with Gasteiger partial charge in [0.1, 0.15) is 17.6 Å². The van der Waals surface area contributed by atoms with Crippen molar-refractivity contribution >= 4 is 23.5 Å². The van der Waals surface area contributed by atoms with E-state index in [4.69, 9.17) is 4.42 Å². The second-order valence-corrected chi connectivity index (χ2v) is 7.17. The summed E-state index contributed by atoms with van der Waals surface area (Å²) in [5.74, 6) is 0.285. The van der Waals surface area contributed by atoms with Crippen molar-refractivity contribution in [1.29, 1.82) is 0 Å². The number of rotatable bonds is 4. The third-order valence-corrected chi connectivity index (χ3v) is 5.52. The molecule has 6 nitrogen and oxygen atoms in total. The molecule has 2 aromatic heterocycles. The number of aldehydes is 1. The number of carbonyl (C=O) groups is 2. The lowest BCUT2D eigenvalue weighted by atomic mass is 10.0. The van der Waals surface area contributed by atoms with E-state index in [1.54, 1.807) is 29.5 Å². The molecule has 1 saturated heterocycles. The lowest BCUT2D eigenvalue weighted by molar-refractivity contribution is 0.0735. The molecule has 0 bridgehead atoms. The summed E-state index contributed by atoms with van der Waals surface area (Å²) >= 11 is 1.59. The Balaban J connectivity index is 1.69. The molecule has 1 aliphatic heterocycles. The van der Waals surface area contributed by atoms with Gasteiger partial charge in [-0.1, -0.05) is 0 Å². The van der Waals surface area contributed by atoms with Crippen LogP contribution in [0.25, 0.3) is 11.5 Å². The summed E-state index contributed by atoms with van der Waals surface area (Å²) in [6.07, 6.45) is 5.57. The standard InChI is InChI=1S/C19H17N3O3S/c1-12-11-26-18(21-12)16-3-2-5-22(16)19(24)15-8-13(10-23)7-14(9-15)17-20-4-6-25-17/h4,6-11,16H,2-3,5H2,1H3.